The van der Waals surface area contributed by atoms with Gasteiger partial charge in [0.15, 0.2) is 0 Å². The summed E-state index contributed by atoms with van der Waals surface area (Å²) in [5.74, 6) is -0.536. The van der Waals surface area contributed by atoms with Gasteiger partial charge in [0.25, 0.3) is 0 Å². The Kier molecular flexibility index (Phi) is 4.28. The quantitative estimate of drug-likeness (QED) is 0.594. The fourth-order valence-corrected chi connectivity index (χ4v) is 1.42. The van der Waals surface area contributed by atoms with Crippen molar-refractivity contribution in [2.75, 3.05) is 7.11 Å². The summed E-state index contributed by atoms with van der Waals surface area (Å²) in [5, 5.41) is 17.4. The Labute approximate surface area is 103 Å². The molecule has 0 amide bonds. The summed E-state index contributed by atoms with van der Waals surface area (Å²) in [6.07, 6.45) is 1.38. The molecule has 0 fully saturated rings. The molecule has 0 radical (unpaired) electrons. The minimum Gasteiger partial charge on any atom is -0.465 e. The Bertz CT molecular complexity index is 549. The van der Waals surface area contributed by atoms with Crippen LogP contribution in [-0.4, -0.2) is 13.1 Å². The highest BCUT2D eigenvalue weighted by atomic mass is 35.5. The van der Waals surface area contributed by atoms with Crippen LogP contribution in [-0.2, 0) is 4.74 Å². The Morgan fingerprint density at radius 2 is 2.06 bits per heavy atom. The first-order valence-electron chi connectivity index (χ1n) is 4.52. The van der Waals surface area contributed by atoms with E-state index in [2.05, 4.69) is 4.74 Å². The molecule has 0 aromatic heterocycles. The molecule has 0 aliphatic rings. The molecule has 17 heavy (non-hydrogen) atoms. The van der Waals surface area contributed by atoms with Gasteiger partial charge in [-0.15, -0.1) is 0 Å². The molecule has 0 aliphatic heterocycles. The van der Waals surface area contributed by atoms with Crippen LogP contribution in [0, 0.1) is 22.7 Å². The van der Waals surface area contributed by atoms with Crippen molar-refractivity contribution in [1.82, 2.24) is 0 Å². The molecule has 0 saturated heterocycles. The Balaban J connectivity index is 3.15. The number of hydrogen-bond donors (Lipinski definition) is 0. The number of methoxy groups -OCH3 is 1. The van der Waals surface area contributed by atoms with Gasteiger partial charge in [0, 0.05) is 0 Å². The molecule has 5 heteroatoms. The predicted octanol–water partition coefficient (Wildman–Crippen LogP) is 2.56. The van der Waals surface area contributed by atoms with Crippen LogP contribution in [0.3, 0.4) is 0 Å². The molecule has 0 N–H and O–H groups in total. The Morgan fingerprint density at radius 1 is 1.41 bits per heavy atom. The third-order valence-corrected chi connectivity index (χ3v) is 2.26. The molecule has 1 rings (SSSR count). The number of ether oxygens (including phenoxy) is 1. The van der Waals surface area contributed by atoms with Crippen LogP contribution < -0.4 is 0 Å². The van der Waals surface area contributed by atoms with E-state index in [4.69, 9.17) is 22.1 Å². The number of allylic oxidation sites excluding steroid dienone is 1. The van der Waals surface area contributed by atoms with Crippen molar-refractivity contribution in [3.05, 3.63) is 39.9 Å². The van der Waals surface area contributed by atoms with Gasteiger partial charge in [-0.25, -0.2) is 4.79 Å². The van der Waals surface area contributed by atoms with Crippen LogP contribution in [0.1, 0.15) is 15.9 Å². The van der Waals surface area contributed by atoms with E-state index in [1.54, 1.807) is 18.2 Å². The van der Waals surface area contributed by atoms with Crippen molar-refractivity contribution < 1.29 is 9.53 Å². The monoisotopic (exact) mass is 246 g/mol. The third kappa shape index (κ3) is 3.07. The molecular formula is C12H7ClN2O2. The number of benzene rings is 1. The second-order valence-electron chi connectivity index (χ2n) is 3.01. The number of rotatable bonds is 2. The Hall–Kier alpha value is -2.30. The molecule has 0 atom stereocenters. The van der Waals surface area contributed by atoms with Gasteiger partial charge in [-0.3, -0.25) is 0 Å². The summed E-state index contributed by atoms with van der Waals surface area (Å²) in [6.45, 7) is 0. The second-order valence-corrected chi connectivity index (χ2v) is 3.42. The lowest BCUT2D eigenvalue weighted by Crippen LogP contribution is -2.01. The number of esters is 1. The van der Waals surface area contributed by atoms with Gasteiger partial charge in [-0.1, -0.05) is 17.7 Å². The first-order chi connectivity index (χ1) is 8.12. The minimum absolute atomic E-state index is 0.0353. The standard InChI is InChI=1S/C12H7ClN2O2/c1-17-12(16)10-3-2-8(5-11(10)13)4-9(6-14)7-15/h2-5H,1H3. The highest BCUT2D eigenvalue weighted by Gasteiger charge is 2.10. The molecule has 0 bridgehead atoms. The number of halogens is 1. The van der Waals surface area contributed by atoms with E-state index in [1.807, 2.05) is 0 Å². The molecule has 0 spiro atoms. The van der Waals surface area contributed by atoms with E-state index >= 15 is 0 Å². The van der Waals surface area contributed by atoms with Gasteiger partial charge < -0.3 is 4.74 Å². The smallest absolute Gasteiger partial charge is 0.339 e. The first-order valence-corrected chi connectivity index (χ1v) is 4.90. The van der Waals surface area contributed by atoms with Crippen LogP contribution in [0.15, 0.2) is 23.8 Å². The van der Waals surface area contributed by atoms with E-state index in [9.17, 15) is 4.79 Å². The number of nitrogens with zero attached hydrogens (tertiary/aromatic N) is 2. The van der Waals surface area contributed by atoms with Crippen LogP contribution in [0.5, 0.6) is 0 Å². The molecular weight excluding hydrogens is 240 g/mol. The van der Waals surface area contributed by atoms with Gasteiger partial charge in [-0.05, 0) is 23.8 Å². The van der Waals surface area contributed by atoms with E-state index in [-0.39, 0.29) is 16.2 Å². The highest BCUT2D eigenvalue weighted by molar-refractivity contribution is 6.33. The number of carbonyl (C=O) groups is 1. The molecule has 4 nitrogen and oxygen atoms in total. The summed E-state index contributed by atoms with van der Waals surface area (Å²) in [5.41, 5.74) is 0.773. The van der Waals surface area contributed by atoms with Crippen molar-refractivity contribution in [3.8, 4) is 12.1 Å². The maximum atomic E-state index is 11.3. The first kappa shape index (κ1) is 12.8. The molecule has 1 aromatic rings. The zero-order valence-corrected chi connectivity index (χ0v) is 9.65. The lowest BCUT2D eigenvalue weighted by atomic mass is 10.1. The van der Waals surface area contributed by atoms with E-state index in [1.165, 1.54) is 25.3 Å². The fourth-order valence-electron chi connectivity index (χ4n) is 1.15. The average Bonchev–Trinajstić information content (AvgIpc) is 2.35. The van der Waals surface area contributed by atoms with E-state index in [0.717, 1.165) is 0 Å². The van der Waals surface area contributed by atoms with Crippen molar-refractivity contribution in [2.24, 2.45) is 0 Å². The van der Waals surface area contributed by atoms with Crippen molar-refractivity contribution in [3.63, 3.8) is 0 Å². The summed E-state index contributed by atoms with van der Waals surface area (Å²) in [6, 6.07) is 8.01. The third-order valence-electron chi connectivity index (χ3n) is 1.95. The van der Waals surface area contributed by atoms with Crippen molar-refractivity contribution in [1.29, 1.82) is 10.5 Å². The number of hydrogen-bond acceptors (Lipinski definition) is 4. The van der Waals surface area contributed by atoms with Gasteiger partial charge in [0.1, 0.15) is 17.7 Å². The molecule has 1 aromatic carbocycles. The van der Waals surface area contributed by atoms with Gasteiger partial charge >= 0.3 is 5.97 Å². The zero-order chi connectivity index (χ0) is 12.8. The molecule has 0 saturated carbocycles. The lowest BCUT2D eigenvalue weighted by molar-refractivity contribution is 0.0601. The Morgan fingerprint density at radius 3 is 2.53 bits per heavy atom. The molecule has 0 heterocycles. The maximum Gasteiger partial charge on any atom is 0.339 e. The van der Waals surface area contributed by atoms with Crippen LogP contribution >= 0.6 is 11.6 Å². The minimum atomic E-state index is -0.536. The average molecular weight is 247 g/mol. The normalized spacial score (nSPS) is 8.71. The summed E-state index contributed by atoms with van der Waals surface area (Å²) < 4.78 is 4.54. The maximum absolute atomic E-state index is 11.3. The largest absolute Gasteiger partial charge is 0.465 e. The van der Waals surface area contributed by atoms with Crippen molar-refractivity contribution in [2.45, 2.75) is 0 Å². The van der Waals surface area contributed by atoms with E-state index in [0.29, 0.717) is 5.56 Å². The number of nitriles is 2. The SMILES string of the molecule is COC(=O)c1ccc(C=C(C#N)C#N)cc1Cl. The lowest BCUT2D eigenvalue weighted by Gasteiger charge is -2.02. The van der Waals surface area contributed by atoms with Crippen LogP contribution in [0.4, 0.5) is 0 Å². The van der Waals surface area contributed by atoms with Crippen LogP contribution in [0.25, 0.3) is 6.08 Å². The summed E-state index contributed by atoms with van der Waals surface area (Å²) >= 11 is 5.88. The van der Waals surface area contributed by atoms with Gasteiger partial charge in [-0.2, -0.15) is 10.5 Å². The highest BCUT2D eigenvalue weighted by Crippen LogP contribution is 2.20. The predicted molar refractivity (Wildman–Crippen MR) is 62.0 cm³/mol. The van der Waals surface area contributed by atoms with Gasteiger partial charge in [0.2, 0.25) is 0 Å². The summed E-state index contributed by atoms with van der Waals surface area (Å²) in [4.78, 5) is 11.3. The molecule has 84 valence electrons. The number of carbonyl (C=O) groups excluding carboxylic acids is 1. The molecule has 0 aliphatic carbocycles. The van der Waals surface area contributed by atoms with Gasteiger partial charge in [0.05, 0.1) is 17.7 Å². The van der Waals surface area contributed by atoms with Crippen molar-refractivity contribution >= 4 is 23.6 Å². The van der Waals surface area contributed by atoms with Crippen LogP contribution in [0.2, 0.25) is 5.02 Å². The zero-order valence-electron chi connectivity index (χ0n) is 8.90. The topological polar surface area (TPSA) is 73.9 Å². The second kappa shape index (κ2) is 5.69. The summed E-state index contributed by atoms with van der Waals surface area (Å²) in [7, 11) is 1.26. The fraction of sp³-hybridized carbons (Fsp3) is 0.0833. The van der Waals surface area contributed by atoms with E-state index < -0.39 is 5.97 Å². The molecule has 0 unspecified atom stereocenters.